The zero-order valence-electron chi connectivity index (χ0n) is 11.4. The number of hydrogen-bond acceptors (Lipinski definition) is 5. The van der Waals surface area contributed by atoms with Gasteiger partial charge in [-0.05, 0) is 32.0 Å². The third-order valence-corrected chi connectivity index (χ3v) is 7.68. The van der Waals surface area contributed by atoms with E-state index in [1.165, 1.54) is 0 Å². The van der Waals surface area contributed by atoms with Crippen LogP contribution in [0.4, 0.5) is 0 Å². The summed E-state index contributed by atoms with van der Waals surface area (Å²) in [6.45, 7) is 2.54. The Bertz CT molecular complexity index is 585. The molecule has 2 atom stereocenters. The van der Waals surface area contributed by atoms with Crippen molar-refractivity contribution in [1.29, 1.82) is 0 Å². The van der Waals surface area contributed by atoms with Gasteiger partial charge in [0, 0.05) is 18.6 Å². The van der Waals surface area contributed by atoms with Crippen LogP contribution in [0.3, 0.4) is 0 Å². The normalized spacial score (nSPS) is 31.1. The molecule has 2 rings (SSSR count). The summed E-state index contributed by atoms with van der Waals surface area (Å²) in [6.07, 6.45) is 1.14. The molecule has 1 N–H and O–H groups in total. The van der Waals surface area contributed by atoms with Gasteiger partial charge in [0.25, 0.3) is 0 Å². The Labute approximate surface area is 125 Å². The molecule has 0 aromatic carbocycles. The van der Waals surface area contributed by atoms with Crippen molar-refractivity contribution in [2.75, 3.05) is 29.6 Å². The van der Waals surface area contributed by atoms with Crippen molar-refractivity contribution < 1.29 is 16.8 Å². The summed E-state index contributed by atoms with van der Waals surface area (Å²) in [4.78, 5) is 1.87. The fourth-order valence-electron chi connectivity index (χ4n) is 2.76. The van der Waals surface area contributed by atoms with Gasteiger partial charge in [-0.1, -0.05) is 0 Å². The molecule has 2 aliphatic rings. The first-order chi connectivity index (χ1) is 9.22. The summed E-state index contributed by atoms with van der Waals surface area (Å²) in [7, 11) is -5.90. The molecular formula is C11H20N2O4S3. The van der Waals surface area contributed by atoms with Crippen LogP contribution in [0.5, 0.6) is 0 Å². The van der Waals surface area contributed by atoms with Crippen LogP contribution in [-0.4, -0.2) is 68.5 Å². The number of thiocarbonyl (C=S) groups is 1. The van der Waals surface area contributed by atoms with Gasteiger partial charge in [-0.15, -0.1) is 0 Å². The molecule has 0 amide bonds. The fraction of sp³-hybridized carbons (Fsp3) is 0.909. The van der Waals surface area contributed by atoms with Crippen LogP contribution in [0, 0.1) is 0 Å². The molecule has 2 fully saturated rings. The first kappa shape index (κ1) is 16.0. The van der Waals surface area contributed by atoms with Gasteiger partial charge in [0.2, 0.25) is 0 Å². The molecule has 9 heteroatoms. The van der Waals surface area contributed by atoms with Crippen LogP contribution in [0.25, 0.3) is 0 Å². The molecule has 2 saturated heterocycles. The highest BCUT2D eigenvalue weighted by Crippen LogP contribution is 2.19. The predicted octanol–water partition coefficient (Wildman–Crippen LogP) is -0.443. The van der Waals surface area contributed by atoms with Crippen molar-refractivity contribution in [3.63, 3.8) is 0 Å². The maximum Gasteiger partial charge on any atom is 0.169 e. The van der Waals surface area contributed by atoms with Gasteiger partial charge in [-0.25, -0.2) is 16.8 Å². The molecule has 2 unspecified atom stereocenters. The van der Waals surface area contributed by atoms with Gasteiger partial charge < -0.3 is 10.2 Å². The number of nitrogens with zero attached hydrogens (tertiary/aromatic N) is 1. The predicted molar refractivity (Wildman–Crippen MR) is 82.2 cm³/mol. The first-order valence-corrected chi connectivity index (χ1v) is 10.8. The third kappa shape index (κ3) is 3.82. The van der Waals surface area contributed by atoms with Gasteiger partial charge in [-0.3, -0.25) is 0 Å². The lowest BCUT2D eigenvalue weighted by atomic mass is 10.2. The molecular weight excluding hydrogens is 320 g/mol. The van der Waals surface area contributed by atoms with Gasteiger partial charge >= 0.3 is 0 Å². The van der Waals surface area contributed by atoms with Crippen molar-refractivity contribution in [2.45, 2.75) is 31.8 Å². The maximum absolute atomic E-state index is 11.5. The topological polar surface area (TPSA) is 83.6 Å². The van der Waals surface area contributed by atoms with E-state index in [0.717, 1.165) is 0 Å². The van der Waals surface area contributed by atoms with E-state index in [1.54, 1.807) is 0 Å². The zero-order valence-corrected chi connectivity index (χ0v) is 13.9. The lowest BCUT2D eigenvalue weighted by Crippen LogP contribution is -2.49. The molecule has 116 valence electrons. The molecule has 6 nitrogen and oxygen atoms in total. The molecule has 0 aliphatic carbocycles. The Morgan fingerprint density at radius 3 is 2.20 bits per heavy atom. The van der Waals surface area contributed by atoms with Crippen LogP contribution in [0.1, 0.15) is 19.8 Å². The van der Waals surface area contributed by atoms with Crippen molar-refractivity contribution in [2.24, 2.45) is 0 Å². The molecule has 2 aliphatic heterocycles. The van der Waals surface area contributed by atoms with E-state index in [0.29, 0.717) is 24.5 Å². The van der Waals surface area contributed by atoms with Crippen LogP contribution in [0.15, 0.2) is 0 Å². The summed E-state index contributed by atoms with van der Waals surface area (Å²) in [5.74, 6) is 0.630. The highest BCUT2D eigenvalue weighted by molar-refractivity contribution is 7.92. The smallest absolute Gasteiger partial charge is 0.169 e. The SMILES string of the molecule is CCN(C(=S)NC1CCS(=O)(=O)C1)C1CCS(=O)(=O)C1. The molecule has 20 heavy (non-hydrogen) atoms. The second-order valence-corrected chi connectivity index (χ2v) is 10.2. The Hall–Kier alpha value is -0.410. The van der Waals surface area contributed by atoms with Crippen LogP contribution in [-0.2, 0) is 19.7 Å². The zero-order chi connectivity index (χ0) is 15.0. The first-order valence-electron chi connectivity index (χ1n) is 6.70. The van der Waals surface area contributed by atoms with Gasteiger partial charge in [0.1, 0.15) is 0 Å². The minimum Gasteiger partial charge on any atom is -0.359 e. The average Bonchev–Trinajstić information content (AvgIpc) is 2.83. The summed E-state index contributed by atoms with van der Waals surface area (Å²) >= 11 is 5.32. The second kappa shape index (κ2) is 5.76. The van der Waals surface area contributed by atoms with E-state index in [9.17, 15) is 16.8 Å². The number of hydrogen-bond donors (Lipinski definition) is 1. The molecule has 2 heterocycles. The highest BCUT2D eigenvalue weighted by atomic mass is 32.2. The monoisotopic (exact) mass is 340 g/mol. The van der Waals surface area contributed by atoms with Gasteiger partial charge in [0.05, 0.1) is 23.0 Å². The number of sulfone groups is 2. The lowest BCUT2D eigenvalue weighted by Gasteiger charge is -2.31. The molecule has 0 radical (unpaired) electrons. The summed E-state index contributed by atoms with van der Waals surface area (Å²) in [6, 6.07) is -0.248. The molecule has 0 saturated carbocycles. The summed E-state index contributed by atoms with van der Waals surface area (Å²) in [5.41, 5.74) is 0. The van der Waals surface area contributed by atoms with Crippen molar-refractivity contribution in [1.82, 2.24) is 10.2 Å². The number of rotatable bonds is 3. The fourth-order valence-corrected chi connectivity index (χ4v) is 6.60. The van der Waals surface area contributed by atoms with Crippen LogP contribution < -0.4 is 5.32 Å². The molecule has 0 bridgehead atoms. The van der Waals surface area contributed by atoms with E-state index in [2.05, 4.69) is 5.32 Å². The Morgan fingerprint density at radius 2 is 1.75 bits per heavy atom. The van der Waals surface area contributed by atoms with Crippen molar-refractivity contribution in [3.05, 3.63) is 0 Å². The van der Waals surface area contributed by atoms with Gasteiger partial charge in [0.15, 0.2) is 24.8 Å². The maximum atomic E-state index is 11.5. The highest BCUT2D eigenvalue weighted by Gasteiger charge is 2.34. The quantitative estimate of drug-likeness (QED) is 0.697. The van der Waals surface area contributed by atoms with Crippen molar-refractivity contribution in [3.8, 4) is 0 Å². The second-order valence-electron chi connectivity index (χ2n) is 5.39. The Kier molecular flexibility index (Phi) is 4.60. The minimum absolute atomic E-state index is 0.0944. The third-order valence-electron chi connectivity index (χ3n) is 3.81. The molecule has 0 aromatic rings. The summed E-state index contributed by atoms with van der Waals surface area (Å²) < 4.78 is 45.9. The number of nitrogens with one attached hydrogen (secondary N) is 1. The van der Waals surface area contributed by atoms with Crippen LogP contribution in [0.2, 0.25) is 0 Å². The van der Waals surface area contributed by atoms with E-state index in [1.807, 2.05) is 11.8 Å². The molecule has 0 aromatic heterocycles. The Morgan fingerprint density at radius 1 is 1.15 bits per heavy atom. The van der Waals surface area contributed by atoms with E-state index < -0.39 is 19.7 Å². The van der Waals surface area contributed by atoms with E-state index >= 15 is 0 Å². The van der Waals surface area contributed by atoms with Crippen molar-refractivity contribution >= 4 is 37.0 Å². The standard InChI is InChI=1S/C11H20N2O4S3/c1-2-13(10-4-6-20(16,17)8-10)11(18)12-9-3-5-19(14,15)7-9/h9-10H,2-8H2,1H3,(H,12,18). The van der Waals surface area contributed by atoms with Gasteiger partial charge in [-0.2, -0.15) is 0 Å². The Balaban J connectivity index is 1.96. The average molecular weight is 340 g/mol. The van der Waals surface area contributed by atoms with E-state index in [4.69, 9.17) is 12.2 Å². The van der Waals surface area contributed by atoms with Crippen LogP contribution >= 0.6 is 12.2 Å². The minimum atomic E-state index is -2.95. The largest absolute Gasteiger partial charge is 0.359 e. The lowest BCUT2D eigenvalue weighted by molar-refractivity contribution is 0.341. The van der Waals surface area contributed by atoms with E-state index in [-0.39, 0.29) is 35.1 Å². The summed E-state index contributed by atoms with van der Waals surface area (Å²) in [5, 5.41) is 3.54. The molecule has 0 spiro atoms.